The van der Waals surface area contributed by atoms with Gasteiger partial charge in [-0.2, -0.15) is 0 Å². The summed E-state index contributed by atoms with van der Waals surface area (Å²) in [5.41, 5.74) is 0.829. The van der Waals surface area contributed by atoms with Crippen LogP contribution in [0.1, 0.15) is 5.01 Å². The number of methoxy groups -OCH3 is 1. The largest absolute Gasteiger partial charge is 0.383 e. The fourth-order valence-corrected chi connectivity index (χ4v) is 4.75. The van der Waals surface area contributed by atoms with Crippen molar-refractivity contribution < 1.29 is 13.2 Å². The second-order valence-electron chi connectivity index (χ2n) is 4.51. The third-order valence-corrected chi connectivity index (χ3v) is 6.63. The van der Waals surface area contributed by atoms with Crippen molar-refractivity contribution in [3.63, 3.8) is 0 Å². The molecule has 0 saturated carbocycles. The number of aromatic nitrogens is 1. The molecule has 0 amide bonds. The van der Waals surface area contributed by atoms with Crippen molar-refractivity contribution in [1.29, 1.82) is 0 Å². The highest BCUT2D eigenvalue weighted by Crippen LogP contribution is 2.31. The van der Waals surface area contributed by atoms with Gasteiger partial charge >= 0.3 is 0 Å². The molecule has 130 valence electrons. The molecule has 0 aliphatic heterocycles. The van der Waals surface area contributed by atoms with Gasteiger partial charge in [0.2, 0.25) is 10.0 Å². The average molecular weight is 398 g/mol. The van der Waals surface area contributed by atoms with Crippen LogP contribution in [-0.4, -0.2) is 46.8 Å². The van der Waals surface area contributed by atoms with Crippen LogP contribution in [0, 0.1) is 6.92 Å². The third-order valence-electron chi connectivity index (χ3n) is 2.79. The Bertz CT molecular complexity index is 700. The summed E-state index contributed by atoms with van der Waals surface area (Å²) in [6, 6.07) is 3.42. The summed E-state index contributed by atoms with van der Waals surface area (Å²) < 4.78 is 32.2. The van der Waals surface area contributed by atoms with Crippen LogP contribution in [0.2, 0.25) is 0 Å². The van der Waals surface area contributed by atoms with Crippen molar-refractivity contribution >= 4 is 45.1 Å². The van der Waals surface area contributed by atoms with Gasteiger partial charge in [-0.1, -0.05) is 0 Å². The van der Waals surface area contributed by atoms with E-state index in [1.54, 1.807) is 30.6 Å². The molecular formula is C13H20ClN3O3S3. The summed E-state index contributed by atoms with van der Waals surface area (Å²) in [5.74, 6) is 0. The molecule has 0 aliphatic carbocycles. The molecule has 0 aliphatic rings. The Morgan fingerprint density at radius 2 is 2.04 bits per heavy atom. The molecular weight excluding hydrogens is 378 g/mol. The van der Waals surface area contributed by atoms with Gasteiger partial charge in [0.05, 0.1) is 22.2 Å². The molecule has 0 atom stereocenters. The number of nitrogens with zero attached hydrogens (tertiary/aromatic N) is 1. The van der Waals surface area contributed by atoms with Gasteiger partial charge in [-0.15, -0.1) is 35.1 Å². The molecule has 0 aromatic carbocycles. The van der Waals surface area contributed by atoms with E-state index < -0.39 is 10.0 Å². The van der Waals surface area contributed by atoms with E-state index in [0.29, 0.717) is 30.5 Å². The first-order valence-electron chi connectivity index (χ1n) is 6.74. The average Bonchev–Trinajstić information content (AvgIpc) is 3.11. The predicted octanol–water partition coefficient (Wildman–Crippen LogP) is 2.12. The van der Waals surface area contributed by atoms with E-state index in [-0.39, 0.29) is 12.4 Å². The van der Waals surface area contributed by atoms with Crippen molar-refractivity contribution in [1.82, 2.24) is 15.0 Å². The van der Waals surface area contributed by atoms with Crippen molar-refractivity contribution in [3.8, 4) is 10.6 Å². The summed E-state index contributed by atoms with van der Waals surface area (Å²) in [7, 11) is -1.83. The molecule has 0 radical (unpaired) electrons. The number of nitrogens with one attached hydrogen (secondary N) is 2. The first-order valence-corrected chi connectivity index (χ1v) is 9.92. The maximum atomic E-state index is 12.2. The minimum Gasteiger partial charge on any atom is -0.383 e. The van der Waals surface area contributed by atoms with Gasteiger partial charge in [0.15, 0.2) is 0 Å². The number of aryl methyl sites for hydroxylation is 1. The van der Waals surface area contributed by atoms with Gasteiger partial charge in [-0.3, -0.25) is 0 Å². The molecule has 0 unspecified atom stereocenters. The third kappa shape index (κ3) is 6.11. The monoisotopic (exact) mass is 397 g/mol. The summed E-state index contributed by atoms with van der Waals surface area (Å²) in [6.07, 6.45) is 0. The van der Waals surface area contributed by atoms with Gasteiger partial charge in [0, 0.05) is 32.1 Å². The molecule has 10 heteroatoms. The molecule has 0 fully saturated rings. The number of hydrogen-bond acceptors (Lipinski definition) is 7. The Morgan fingerprint density at radius 3 is 2.70 bits per heavy atom. The summed E-state index contributed by atoms with van der Waals surface area (Å²) in [5, 5.41) is 5.99. The zero-order chi connectivity index (χ0) is 16.0. The molecule has 0 spiro atoms. The second-order valence-corrected chi connectivity index (χ2v) is 8.65. The normalized spacial score (nSPS) is 11.4. The van der Waals surface area contributed by atoms with E-state index in [1.165, 1.54) is 11.3 Å². The van der Waals surface area contributed by atoms with E-state index in [0.717, 1.165) is 15.6 Å². The predicted molar refractivity (Wildman–Crippen MR) is 97.3 cm³/mol. The van der Waals surface area contributed by atoms with Crippen molar-refractivity contribution in [3.05, 3.63) is 22.5 Å². The molecule has 0 saturated heterocycles. The number of thiophene rings is 1. The molecule has 2 aromatic heterocycles. The lowest BCUT2D eigenvalue weighted by Gasteiger charge is -2.06. The topological polar surface area (TPSA) is 80.3 Å². The molecule has 0 bridgehead atoms. The van der Waals surface area contributed by atoms with Crippen LogP contribution < -0.4 is 10.0 Å². The van der Waals surface area contributed by atoms with Crippen LogP contribution >= 0.6 is 35.1 Å². The van der Waals surface area contributed by atoms with Gasteiger partial charge in [0.25, 0.3) is 0 Å². The Kier molecular flexibility index (Phi) is 8.62. The fourth-order valence-electron chi connectivity index (χ4n) is 1.72. The van der Waals surface area contributed by atoms with Crippen LogP contribution in [0.15, 0.2) is 21.7 Å². The second kappa shape index (κ2) is 9.67. The lowest BCUT2D eigenvalue weighted by molar-refractivity contribution is 0.199. The minimum atomic E-state index is -3.46. The van der Waals surface area contributed by atoms with Gasteiger partial charge in [-0.25, -0.2) is 18.1 Å². The molecule has 2 aromatic rings. The molecule has 2 heterocycles. The lowest BCUT2D eigenvalue weighted by Crippen LogP contribution is -2.32. The van der Waals surface area contributed by atoms with E-state index in [4.69, 9.17) is 4.74 Å². The summed E-state index contributed by atoms with van der Waals surface area (Å²) in [6.45, 7) is 4.14. The van der Waals surface area contributed by atoms with Crippen molar-refractivity contribution in [2.45, 2.75) is 11.1 Å². The zero-order valence-electron chi connectivity index (χ0n) is 12.9. The minimum absolute atomic E-state index is 0. The smallest absolute Gasteiger partial charge is 0.250 e. The molecule has 2 N–H and O–H groups in total. The number of sulfonamides is 1. The number of hydrogen-bond donors (Lipinski definition) is 2. The van der Waals surface area contributed by atoms with E-state index in [2.05, 4.69) is 15.0 Å². The van der Waals surface area contributed by atoms with Crippen LogP contribution in [0.25, 0.3) is 10.6 Å². The Balaban J connectivity index is 0.00000264. The van der Waals surface area contributed by atoms with Crippen LogP contribution in [0.4, 0.5) is 0 Å². The zero-order valence-corrected chi connectivity index (χ0v) is 16.1. The highest BCUT2D eigenvalue weighted by Gasteiger charge is 2.17. The van der Waals surface area contributed by atoms with Gasteiger partial charge < -0.3 is 10.1 Å². The lowest BCUT2D eigenvalue weighted by atomic mass is 10.4. The maximum Gasteiger partial charge on any atom is 0.250 e. The Labute approximate surface area is 150 Å². The van der Waals surface area contributed by atoms with E-state index >= 15 is 0 Å². The summed E-state index contributed by atoms with van der Waals surface area (Å²) in [4.78, 5) is 5.24. The number of rotatable bonds is 9. The highest BCUT2D eigenvalue weighted by atomic mass is 35.5. The molecule has 2 rings (SSSR count). The Morgan fingerprint density at radius 1 is 1.26 bits per heavy atom. The van der Waals surface area contributed by atoms with Crippen LogP contribution in [0.3, 0.4) is 0 Å². The fraction of sp³-hybridized carbons (Fsp3) is 0.462. The number of ether oxygens (including phenoxy) is 1. The van der Waals surface area contributed by atoms with Crippen molar-refractivity contribution in [2.24, 2.45) is 0 Å². The highest BCUT2D eigenvalue weighted by molar-refractivity contribution is 7.91. The van der Waals surface area contributed by atoms with Crippen LogP contribution in [-0.2, 0) is 14.8 Å². The van der Waals surface area contributed by atoms with Gasteiger partial charge in [0.1, 0.15) is 4.21 Å². The first kappa shape index (κ1) is 20.5. The maximum absolute atomic E-state index is 12.2. The Hall–Kier alpha value is -0.550. The molecule has 6 nitrogen and oxygen atoms in total. The number of thiazole rings is 1. The van der Waals surface area contributed by atoms with E-state index in [9.17, 15) is 8.42 Å². The standard InChI is InChI=1S/C13H19N3O3S3.ClH/c1-10-16-11(9-20-10)12-3-4-13(21-12)22(17,18)15-6-5-14-7-8-19-2;/h3-4,9,14-15H,5-8H2,1-2H3;1H. The van der Waals surface area contributed by atoms with Gasteiger partial charge in [-0.05, 0) is 19.1 Å². The summed E-state index contributed by atoms with van der Waals surface area (Å²) >= 11 is 2.78. The van der Waals surface area contributed by atoms with Crippen LogP contribution in [0.5, 0.6) is 0 Å². The first-order chi connectivity index (χ1) is 10.5. The van der Waals surface area contributed by atoms with Crippen molar-refractivity contribution in [2.75, 3.05) is 33.4 Å². The molecule has 23 heavy (non-hydrogen) atoms. The SMILES string of the molecule is COCCNCCNS(=O)(=O)c1ccc(-c2csc(C)n2)s1.Cl. The quantitative estimate of drug-likeness (QED) is 0.633. The van der Waals surface area contributed by atoms with E-state index in [1.807, 2.05) is 12.3 Å². The number of halogens is 1.